The van der Waals surface area contributed by atoms with Gasteiger partial charge in [-0.1, -0.05) is 38.0 Å². The van der Waals surface area contributed by atoms with E-state index in [1.165, 1.54) is 12.8 Å². The maximum absolute atomic E-state index is 12.5. The minimum atomic E-state index is -0.577. The maximum atomic E-state index is 12.5. The van der Waals surface area contributed by atoms with Crippen molar-refractivity contribution in [3.63, 3.8) is 0 Å². The first-order valence-corrected chi connectivity index (χ1v) is 9.13. The molecule has 3 rings (SSSR count). The maximum Gasteiger partial charge on any atom is 0.313 e. The second-order valence-corrected chi connectivity index (χ2v) is 6.71. The molecule has 0 saturated carbocycles. The average Bonchev–Trinajstić information content (AvgIpc) is 2.87. The third-order valence-electron chi connectivity index (χ3n) is 4.91. The smallest absolute Gasteiger partial charge is 0.313 e. The highest BCUT2D eigenvalue weighted by Gasteiger charge is 2.25. The lowest BCUT2D eigenvalue weighted by Gasteiger charge is -2.20. The lowest BCUT2D eigenvalue weighted by atomic mass is 9.96. The van der Waals surface area contributed by atoms with Crippen LogP contribution in [-0.4, -0.2) is 34.8 Å². The molecular formula is C20H25N3O2. The van der Waals surface area contributed by atoms with Gasteiger partial charge in [0.05, 0.1) is 11.2 Å². The van der Waals surface area contributed by atoms with Crippen LogP contribution in [0.3, 0.4) is 0 Å². The fourth-order valence-electron chi connectivity index (χ4n) is 3.59. The summed E-state index contributed by atoms with van der Waals surface area (Å²) in [6, 6.07) is 9.35. The van der Waals surface area contributed by atoms with Crippen LogP contribution in [0.15, 0.2) is 36.5 Å². The third kappa shape index (κ3) is 4.16. The minimum Gasteiger partial charge on any atom is -0.334 e. The Balaban J connectivity index is 1.67. The number of nitrogens with zero attached hydrogens (tertiary/aromatic N) is 2. The lowest BCUT2D eigenvalue weighted by Crippen LogP contribution is -2.40. The van der Waals surface area contributed by atoms with Crippen LogP contribution in [0.5, 0.6) is 0 Å². The van der Waals surface area contributed by atoms with E-state index in [0.717, 1.165) is 24.6 Å². The summed E-state index contributed by atoms with van der Waals surface area (Å²) in [5.74, 6) is -0.342. The second kappa shape index (κ2) is 8.10. The molecule has 0 aliphatic carbocycles. The molecule has 1 N–H and O–H groups in total. The quantitative estimate of drug-likeness (QED) is 0.869. The van der Waals surface area contributed by atoms with E-state index in [1.54, 1.807) is 17.2 Å². The van der Waals surface area contributed by atoms with Gasteiger partial charge >= 0.3 is 11.8 Å². The van der Waals surface area contributed by atoms with Crippen molar-refractivity contribution < 1.29 is 9.59 Å². The fourth-order valence-corrected chi connectivity index (χ4v) is 3.59. The molecule has 25 heavy (non-hydrogen) atoms. The molecule has 2 aromatic rings. The Morgan fingerprint density at radius 2 is 2.04 bits per heavy atom. The van der Waals surface area contributed by atoms with Crippen molar-refractivity contribution in [2.45, 2.75) is 39.0 Å². The van der Waals surface area contributed by atoms with Crippen LogP contribution in [0.1, 0.15) is 39.0 Å². The van der Waals surface area contributed by atoms with Crippen molar-refractivity contribution in [3.8, 4) is 0 Å². The number of rotatable bonds is 3. The van der Waals surface area contributed by atoms with Gasteiger partial charge in [0.1, 0.15) is 0 Å². The van der Waals surface area contributed by atoms with Gasteiger partial charge in [-0.15, -0.1) is 0 Å². The fraction of sp³-hybridized carbons (Fsp3) is 0.450. The van der Waals surface area contributed by atoms with Crippen LogP contribution >= 0.6 is 0 Å². The molecule has 0 unspecified atom stereocenters. The number of pyridine rings is 1. The van der Waals surface area contributed by atoms with Gasteiger partial charge in [-0.05, 0) is 37.3 Å². The molecule has 1 aliphatic heterocycles. The molecule has 1 fully saturated rings. The van der Waals surface area contributed by atoms with Gasteiger partial charge in [-0.25, -0.2) is 0 Å². The van der Waals surface area contributed by atoms with Crippen LogP contribution in [0, 0.1) is 5.92 Å². The SMILES string of the molecule is CCC[C@@H]1CCCN(C(=O)C(=O)Nc2cccc3cccnc23)CC1. The van der Waals surface area contributed by atoms with E-state index in [1.807, 2.05) is 24.3 Å². The van der Waals surface area contributed by atoms with Crippen LogP contribution < -0.4 is 5.32 Å². The van der Waals surface area contributed by atoms with Crippen LogP contribution in [0.25, 0.3) is 10.9 Å². The number of fused-ring (bicyclic) bond motifs is 1. The predicted molar refractivity (Wildman–Crippen MR) is 99.2 cm³/mol. The Bertz CT molecular complexity index is 754. The number of hydrogen-bond acceptors (Lipinski definition) is 3. The Labute approximate surface area is 148 Å². The summed E-state index contributed by atoms with van der Waals surface area (Å²) < 4.78 is 0. The minimum absolute atomic E-state index is 0.440. The number of amides is 2. The Hall–Kier alpha value is -2.43. The van der Waals surface area contributed by atoms with Gasteiger partial charge in [0.15, 0.2) is 0 Å². The van der Waals surface area contributed by atoms with Crippen molar-refractivity contribution in [3.05, 3.63) is 36.5 Å². The first-order chi connectivity index (χ1) is 12.2. The van der Waals surface area contributed by atoms with Crippen molar-refractivity contribution in [2.24, 2.45) is 5.92 Å². The first kappa shape index (κ1) is 17.4. The highest BCUT2D eigenvalue weighted by Crippen LogP contribution is 2.23. The monoisotopic (exact) mass is 339 g/mol. The van der Waals surface area contributed by atoms with Crippen LogP contribution in [-0.2, 0) is 9.59 Å². The van der Waals surface area contributed by atoms with Crippen molar-refractivity contribution in [1.29, 1.82) is 0 Å². The number of likely N-dealkylation sites (tertiary alicyclic amines) is 1. The molecule has 132 valence electrons. The summed E-state index contributed by atoms with van der Waals surface area (Å²) in [6.45, 7) is 3.53. The molecule has 1 aliphatic rings. The summed E-state index contributed by atoms with van der Waals surface area (Å²) in [5, 5.41) is 3.68. The number of nitrogens with one attached hydrogen (secondary N) is 1. The van der Waals surface area contributed by atoms with E-state index in [0.29, 0.717) is 30.2 Å². The predicted octanol–water partition coefficient (Wildman–Crippen LogP) is 3.60. The summed E-state index contributed by atoms with van der Waals surface area (Å²) in [6.07, 6.45) is 7.17. The number of aromatic nitrogens is 1. The first-order valence-electron chi connectivity index (χ1n) is 9.13. The van der Waals surface area contributed by atoms with Gasteiger partial charge in [0, 0.05) is 24.7 Å². The zero-order chi connectivity index (χ0) is 17.6. The van der Waals surface area contributed by atoms with Gasteiger partial charge < -0.3 is 10.2 Å². The summed E-state index contributed by atoms with van der Waals surface area (Å²) >= 11 is 0. The Morgan fingerprint density at radius 1 is 1.20 bits per heavy atom. The number of carbonyl (C=O) groups is 2. The highest BCUT2D eigenvalue weighted by molar-refractivity contribution is 6.40. The average molecular weight is 339 g/mol. The molecule has 0 spiro atoms. The largest absolute Gasteiger partial charge is 0.334 e. The molecule has 2 amide bonds. The standard InChI is InChI=1S/C20H25N3O2/c1-2-6-15-7-5-13-23(14-11-15)20(25)19(24)22-17-10-3-8-16-9-4-12-21-18(16)17/h3-4,8-10,12,15H,2,5-7,11,13-14H2,1H3,(H,22,24)/t15-/m1/s1. The third-order valence-corrected chi connectivity index (χ3v) is 4.91. The van der Waals surface area contributed by atoms with E-state index in [2.05, 4.69) is 17.2 Å². The number of carbonyl (C=O) groups excluding carboxylic acids is 2. The van der Waals surface area contributed by atoms with Crippen LogP contribution in [0.2, 0.25) is 0 Å². The normalized spacial score (nSPS) is 18.0. The van der Waals surface area contributed by atoms with E-state index < -0.39 is 11.8 Å². The van der Waals surface area contributed by atoms with Gasteiger partial charge in [-0.2, -0.15) is 0 Å². The lowest BCUT2D eigenvalue weighted by molar-refractivity contribution is -0.143. The summed E-state index contributed by atoms with van der Waals surface area (Å²) in [7, 11) is 0. The molecule has 2 heterocycles. The van der Waals surface area contributed by atoms with Crippen molar-refractivity contribution in [2.75, 3.05) is 18.4 Å². The molecule has 1 saturated heterocycles. The van der Waals surface area contributed by atoms with Crippen molar-refractivity contribution in [1.82, 2.24) is 9.88 Å². The Morgan fingerprint density at radius 3 is 2.88 bits per heavy atom. The topological polar surface area (TPSA) is 62.3 Å². The number of para-hydroxylation sites is 1. The molecule has 5 nitrogen and oxygen atoms in total. The van der Waals surface area contributed by atoms with Gasteiger partial charge in [-0.3, -0.25) is 14.6 Å². The number of hydrogen-bond donors (Lipinski definition) is 1. The van der Waals surface area contributed by atoms with Crippen molar-refractivity contribution >= 4 is 28.4 Å². The van der Waals surface area contributed by atoms with E-state index in [-0.39, 0.29) is 0 Å². The molecular weight excluding hydrogens is 314 g/mol. The zero-order valence-corrected chi connectivity index (χ0v) is 14.7. The highest BCUT2D eigenvalue weighted by atomic mass is 16.2. The molecule has 1 aromatic carbocycles. The Kier molecular flexibility index (Phi) is 5.64. The molecule has 5 heteroatoms. The van der Waals surface area contributed by atoms with E-state index in [9.17, 15) is 9.59 Å². The van der Waals surface area contributed by atoms with E-state index in [4.69, 9.17) is 0 Å². The molecule has 1 atom stereocenters. The van der Waals surface area contributed by atoms with Crippen LogP contribution in [0.4, 0.5) is 5.69 Å². The second-order valence-electron chi connectivity index (χ2n) is 6.71. The number of anilines is 1. The van der Waals surface area contributed by atoms with Gasteiger partial charge in [0.25, 0.3) is 0 Å². The van der Waals surface area contributed by atoms with E-state index >= 15 is 0 Å². The zero-order valence-electron chi connectivity index (χ0n) is 14.7. The number of benzene rings is 1. The summed E-state index contributed by atoms with van der Waals surface area (Å²) in [4.78, 5) is 31.0. The molecule has 0 radical (unpaired) electrons. The molecule has 1 aromatic heterocycles. The van der Waals surface area contributed by atoms with Gasteiger partial charge in [0.2, 0.25) is 0 Å². The summed E-state index contributed by atoms with van der Waals surface area (Å²) in [5.41, 5.74) is 1.28. The molecule has 0 bridgehead atoms.